The Balaban J connectivity index is 1.52. The fourth-order valence-electron chi connectivity index (χ4n) is 3.47. The fourth-order valence-corrected chi connectivity index (χ4v) is 3.47. The molecule has 1 heterocycles. The third-order valence-corrected chi connectivity index (χ3v) is 5.00. The summed E-state index contributed by atoms with van der Waals surface area (Å²) in [6.07, 6.45) is -2.29. The van der Waals surface area contributed by atoms with Crippen molar-refractivity contribution in [3.05, 3.63) is 70.8 Å². The van der Waals surface area contributed by atoms with Crippen molar-refractivity contribution < 1.29 is 18.3 Å². The molecule has 0 bridgehead atoms. The van der Waals surface area contributed by atoms with Crippen molar-refractivity contribution in [1.29, 1.82) is 0 Å². The first-order valence-corrected chi connectivity index (χ1v) is 9.04. The van der Waals surface area contributed by atoms with Crippen LogP contribution < -0.4 is 0 Å². The molecule has 0 amide bonds. The highest BCUT2D eigenvalue weighted by molar-refractivity contribution is 5.37. The number of rotatable bonds is 3. The summed E-state index contributed by atoms with van der Waals surface area (Å²) in [6.45, 7) is 2.52. The lowest BCUT2D eigenvalue weighted by atomic mass is 9.86. The fraction of sp³-hybridized carbons (Fsp3) is 0.364. The predicted molar refractivity (Wildman–Crippen MR) is 99.1 cm³/mol. The van der Waals surface area contributed by atoms with Crippen LogP contribution in [0.15, 0.2) is 48.5 Å². The van der Waals surface area contributed by atoms with Crippen molar-refractivity contribution in [3.63, 3.8) is 0 Å². The summed E-state index contributed by atoms with van der Waals surface area (Å²) in [5.74, 6) is 6.45. The summed E-state index contributed by atoms with van der Waals surface area (Å²) in [7, 11) is 0. The number of aliphatic hydroxyl groups is 1. The molecule has 1 aliphatic rings. The molecule has 1 N–H and O–H groups in total. The first-order chi connectivity index (χ1) is 13.0. The van der Waals surface area contributed by atoms with Gasteiger partial charge >= 0.3 is 6.18 Å². The summed E-state index contributed by atoms with van der Waals surface area (Å²) in [6, 6.07) is 13.0. The van der Waals surface area contributed by atoms with E-state index in [1.807, 2.05) is 18.2 Å². The minimum atomic E-state index is -4.31. The molecule has 0 saturated carbocycles. The molecule has 0 aromatic heterocycles. The zero-order valence-corrected chi connectivity index (χ0v) is 15.0. The van der Waals surface area contributed by atoms with E-state index in [9.17, 15) is 18.3 Å². The molecule has 0 radical (unpaired) electrons. The second kappa shape index (κ2) is 8.60. The summed E-state index contributed by atoms with van der Waals surface area (Å²) in [5, 5.41) is 9.50. The van der Waals surface area contributed by atoms with E-state index in [4.69, 9.17) is 0 Å². The maximum atomic E-state index is 12.6. The van der Waals surface area contributed by atoms with Crippen LogP contribution in [0.1, 0.15) is 41.0 Å². The standard InChI is InChI=1S/C22H22F3NO/c23-22(24,25)20-9-7-17(8-10-20)4-3-13-26-14-11-18(12-15-26)21-6-2-1-5-19(21)16-27/h1-2,5-10,18,27H,11-16H2. The van der Waals surface area contributed by atoms with Crippen LogP contribution >= 0.6 is 0 Å². The summed E-state index contributed by atoms with van der Waals surface area (Å²) in [4.78, 5) is 2.26. The first-order valence-electron chi connectivity index (χ1n) is 9.04. The van der Waals surface area contributed by atoms with Crippen molar-refractivity contribution in [2.75, 3.05) is 19.6 Å². The van der Waals surface area contributed by atoms with Crippen LogP contribution in [-0.2, 0) is 12.8 Å². The Morgan fingerprint density at radius 1 is 1.00 bits per heavy atom. The molecule has 142 valence electrons. The molecule has 2 aromatic rings. The third kappa shape index (κ3) is 5.12. The number of nitrogens with zero attached hydrogens (tertiary/aromatic N) is 1. The van der Waals surface area contributed by atoms with Crippen LogP contribution in [0.2, 0.25) is 0 Å². The van der Waals surface area contributed by atoms with Gasteiger partial charge in [0.15, 0.2) is 0 Å². The van der Waals surface area contributed by atoms with Crippen LogP contribution in [0, 0.1) is 11.8 Å². The van der Waals surface area contributed by atoms with Gasteiger partial charge in [-0.3, -0.25) is 4.90 Å². The normalized spacial score (nSPS) is 16.0. The van der Waals surface area contributed by atoms with E-state index in [2.05, 4.69) is 22.8 Å². The maximum absolute atomic E-state index is 12.6. The van der Waals surface area contributed by atoms with Crippen LogP contribution in [0.3, 0.4) is 0 Å². The molecule has 0 atom stereocenters. The van der Waals surface area contributed by atoms with Gasteiger partial charge in [-0.1, -0.05) is 36.1 Å². The average Bonchev–Trinajstić information content (AvgIpc) is 2.68. The van der Waals surface area contributed by atoms with E-state index in [0.29, 0.717) is 18.0 Å². The third-order valence-electron chi connectivity index (χ3n) is 5.00. The Bertz CT molecular complexity index is 810. The number of alkyl halides is 3. The molecule has 1 fully saturated rings. The Morgan fingerprint density at radius 3 is 2.30 bits per heavy atom. The molecule has 3 rings (SSSR count). The van der Waals surface area contributed by atoms with Crippen molar-refractivity contribution in [2.24, 2.45) is 0 Å². The van der Waals surface area contributed by atoms with Crippen LogP contribution in [0.25, 0.3) is 0 Å². The summed E-state index contributed by atoms with van der Waals surface area (Å²) >= 11 is 0. The van der Waals surface area contributed by atoms with Gasteiger partial charge in [-0.05, 0) is 67.2 Å². The number of hydrogen-bond acceptors (Lipinski definition) is 2. The van der Waals surface area contributed by atoms with E-state index < -0.39 is 11.7 Å². The summed E-state index contributed by atoms with van der Waals surface area (Å²) < 4.78 is 37.7. The lowest BCUT2D eigenvalue weighted by Crippen LogP contribution is -2.33. The number of piperidine rings is 1. The largest absolute Gasteiger partial charge is 0.416 e. The molecule has 27 heavy (non-hydrogen) atoms. The Morgan fingerprint density at radius 2 is 1.67 bits per heavy atom. The zero-order valence-electron chi connectivity index (χ0n) is 15.0. The monoisotopic (exact) mass is 373 g/mol. The highest BCUT2D eigenvalue weighted by atomic mass is 19.4. The number of halogens is 3. The molecule has 2 nitrogen and oxygen atoms in total. The van der Waals surface area contributed by atoms with Gasteiger partial charge in [0.2, 0.25) is 0 Å². The smallest absolute Gasteiger partial charge is 0.392 e. The van der Waals surface area contributed by atoms with Crippen LogP contribution in [0.4, 0.5) is 13.2 Å². The van der Waals surface area contributed by atoms with Crippen LogP contribution in [0.5, 0.6) is 0 Å². The molecule has 0 unspecified atom stereocenters. The zero-order chi connectivity index (χ0) is 19.3. The molecule has 5 heteroatoms. The van der Waals surface area contributed by atoms with E-state index >= 15 is 0 Å². The quantitative estimate of drug-likeness (QED) is 0.805. The van der Waals surface area contributed by atoms with E-state index in [1.54, 1.807) is 0 Å². The highest BCUT2D eigenvalue weighted by Gasteiger charge is 2.29. The van der Waals surface area contributed by atoms with Crippen LogP contribution in [-0.4, -0.2) is 29.6 Å². The van der Waals surface area contributed by atoms with Crippen molar-refractivity contribution in [2.45, 2.75) is 31.5 Å². The minimum absolute atomic E-state index is 0.0645. The van der Waals surface area contributed by atoms with Gasteiger partial charge in [-0.2, -0.15) is 13.2 Å². The van der Waals surface area contributed by atoms with Gasteiger partial charge in [-0.15, -0.1) is 0 Å². The summed E-state index contributed by atoms with van der Waals surface area (Å²) in [5.41, 5.74) is 2.17. The lowest BCUT2D eigenvalue weighted by molar-refractivity contribution is -0.137. The average molecular weight is 373 g/mol. The van der Waals surface area contributed by atoms with Crippen molar-refractivity contribution in [1.82, 2.24) is 4.90 Å². The van der Waals surface area contributed by atoms with Gasteiger partial charge in [0.05, 0.1) is 18.7 Å². The van der Waals surface area contributed by atoms with E-state index in [0.717, 1.165) is 43.6 Å². The molecular weight excluding hydrogens is 351 g/mol. The molecular formula is C22H22F3NO. The van der Waals surface area contributed by atoms with Gasteiger partial charge in [-0.25, -0.2) is 0 Å². The number of hydrogen-bond donors (Lipinski definition) is 1. The minimum Gasteiger partial charge on any atom is -0.392 e. The second-order valence-electron chi connectivity index (χ2n) is 6.78. The van der Waals surface area contributed by atoms with Gasteiger partial charge in [0, 0.05) is 5.56 Å². The topological polar surface area (TPSA) is 23.5 Å². The van der Waals surface area contributed by atoms with E-state index in [-0.39, 0.29) is 6.61 Å². The number of aliphatic hydroxyl groups excluding tert-OH is 1. The molecule has 1 saturated heterocycles. The molecule has 1 aliphatic heterocycles. The molecule has 0 spiro atoms. The van der Waals surface area contributed by atoms with Crippen molar-refractivity contribution >= 4 is 0 Å². The van der Waals surface area contributed by atoms with Crippen molar-refractivity contribution in [3.8, 4) is 11.8 Å². The Labute approximate surface area is 157 Å². The Hall–Kier alpha value is -2.29. The first kappa shape index (κ1) is 19.5. The molecule has 0 aliphatic carbocycles. The lowest BCUT2D eigenvalue weighted by Gasteiger charge is -2.31. The van der Waals surface area contributed by atoms with Gasteiger partial charge < -0.3 is 5.11 Å². The number of benzene rings is 2. The Kier molecular flexibility index (Phi) is 6.20. The van der Waals surface area contributed by atoms with E-state index in [1.165, 1.54) is 17.7 Å². The second-order valence-corrected chi connectivity index (χ2v) is 6.78. The van der Waals surface area contributed by atoms with Gasteiger partial charge in [0.1, 0.15) is 0 Å². The van der Waals surface area contributed by atoms with Gasteiger partial charge in [0.25, 0.3) is 0 Å². The molecule has 2 aromatic carbocycles. The predicted octanol–water partition coefficient (Wildman–Crippen LogP) is 4.43. The maximum Gasteiger partial charge on any atom is 0.416 e. The SMILES string of the molecule is OCc1ccccc1C1CCN(CC#Cc2ccc(C(F)(F)F)cc2)CC1. The highest BCUT2D eigenvalue weighted by Crippen LogP contribution is 2.30. The number of likely N-dealkylation sites (tertiary alicyclic amines) is 1.